The van der Waals surface area contributed by atoms with Crippen molar-refractivity contribution >= 4 is 23.7 Å². The van der Waals surface area contributed by atoms with Crippen LogP contribution < -0.4 is 15.8 Å². The van der Waals surface area contributed by atoms with Crippen LogP contribution in [0.25, 0.3) is 11.3 Å². The van der Waals surface area contributed by atoms with Crippen LogP contribution in [0.15, 0.2) is 16.7 Å². The lowest BCUT2D eigenvalue weighted by atomic mass is 10.1. The Bertz CT molecular complexity index is 1190. The summed E-state index contributed by atoms with van der Waals surface area (Å²) in [7, 11) is 1.65. The van der Waals surface area contributed by atoms with Crippen LogP contribution in [0.2, 0.25) is 0 Å². The van der Waals surface area contributed by atoms with Crippen molar-refractivity contribution in [1.82, 2.24) is 25.3 Å². The van der Waals surface area contributed by atoms with Gasteiger partial charge in [-0.2, -0.15) is 19.4 Å². The van der Waals surface area contributed by atoms with Gasteiger partial charge in [0.25, 0.3) is 0 Å². The summed E-state index contributed by atoms with van der Waals surface area (Å²) in [6, 6.07) is 2.04. The van der Waals surface area contributed by atoms with Gasteiger partial charge in [0, 0.05) is 34.7 Å². The number of nitrogens with two attached hydrogens (primary N) is 1. The molecule has 0 atom stereocenters. The van der Waals surface area contributed by atoms with Crippen LogP contribution in [0.4, 0.5) is 0 Å². The van der Waals surface area contributed by atoms with E-state index in [1.807, 2.05) is 33.8 Å². The van der Waals surface area contributed by atoms with Crippen LogP contribution in [0, 0.1) is 13.8 Å². The summed E-state index contributed by atoms with van der Waals surface area (Å²) in [5.74, 6) is 1.75. The van der Waals surface area contributed by atoms with E-state index in [1.54, 1.807) is 18.1 Å². The predicted molar refractivity (Wildman–Crippen MR) is 125 cm³/mol. The first-order valence-corrected chi connectivity index (χ1v) is 11.4. The number of hydrogen-bond acceptors (Lipinski definition) is 8. The van der Waals surface area contributed by atoms with E-state index in [0.717, 1.165) is 45.0 Å². The predicted octanol–water partition coefficient (Wildman–Crippen LogP) is 2.39. The number of hydrogen-bond donors (Lipinski definition) is 2. The average molecular weight is 454 g/mol. The summed E-state index contributed by atoms with van der Waals surface area (Å²) in [6.45, 7) is 8.18. The van der Waals surface area contributed by atoms with Crippen molar-refractivity contribution in [2.75, 3.05) is 7.11 Å². The number of methoxy groups -OCH3 is 1. The molecule has 0 saturated heterocycles. The van der Waals surface area contributed by atoms with Gasteiger partial charge in [-0.3, -0.25) is 9.78 Å². The van der Waals surface area contributed by atoms with Crippen molar-refractivity contribution in [3.63, 3.8) is 0 Å². The number of rotatable bonds is 6. The summed E-state index contributed by atoms with van der Waals surface area (Å²) in [4.78, 5) is 18.6. The van der Waals surface area contributed by atoms with Gasteiger partial charge in [-0.15, -0.1) is 0 Å². The fourth-order valence-corrected chi connectivity index (χ4v) is 4.74. The lowest BCUT2D eigenvalue weighted by Gasteiger charge is -2.15. The number of pyridine rings is 1. The third kappa shape index (κ3) is 4.14. The molecule has 1 amide bonds. The number of ether oxygens (including phenoxy) is 1. The van der Waals surface area contributed by atoms with Gasteiger partial charge >= 0.3 is 0 Å². The van der Waals surface area contributed by atoms with Gasteiger partial charge in [0.2, 0.25) is 5.91 Å². The zero-order valence-corrected chi connectivity index (χ0v) is 19.7. The fraction of sp³-hybridized carbons (Fsp3) is 0.409. The zero-order valence-electron chi connectivity index (χ0n) is 18.9. The molecule has 168 valence electrons. The maximum atomic E-state index is 12.4. The van der Waals surface area contributed by atoms with Crippen LogP contribution in [-0.4, -0.2) is 44.9 Å². The van der Waals surface area contributed by atoms with E-state index in [0.29, 0.717) is 23.8 Å². The van der Waals surface area contributed by atoms with Gasteiger partial charge in [0.05, 0.1) is 24.9 Å². The molecular formula is C22H27N7O2S. The van der Waals surface area contributed by atoms with E-state index < -0.39 is 0 Å². The summed E-state index contributed by atoms with van der Waals surface area (Å²) >= 11 is 1.36. The number of aryl methyl sites for hydroxylation is 1. The third-order valence-electron chi connectivity index (χ3n) is 5.39. The van der Waals surface area contributed by atoms with Gasteiger partial charge in [-0.1, -0.05) is 0 Å². The Kier molecular flexibility index (Phi) is 6.05. The molecule has 32 heavy (non-hydrogen) atoms. The minimum atomic E-state index is -0.0244. The number of amidine groups is 1. The van der Waals surface area contributed by atoms with Crippen LogP contribution in [0.1, 0.15) is 47.5 Å². The summed E-state index contributed by atoms with van der Waals surface area (Å²) < 4.78 is 9.91. The molecule has 2 aliphatic heterocycles. The number of aromatic nitrogens is 4. The lowest BCUT2D eigenvalue weighted by molar-refractivity contribution is -0.120. The normalized spacial score (nSPS) is 13.2. The van der Waals surface area contributed by atoms with Crippen molar-refractivity contribution in [2.45, 2.75) is 52.5 Å². The monoisotopic (exact) mass is 453 g/mol. The number of nitrogens with zero attached hydrogens (tertiary/aromatic N) is 5. The Morgan fingerprint density at radius 1 is 1.34 bits per heavy atom. The molecule has 1 aromatic rings. The van der Waals surface area contributed by atoms with E-state index >= 15 is 0 Å². The SMILES string of the molecule is COc1c(C)cnc(Cn2nc3cc(CC(=O)NC(C)C)c4c-3c(n2)C(N)=NSC4)c1C. The Hall–Kier alpha value is -3.14. The smallest absolute Gasteiger partial charge is 0.224 e. The van der Waals surface area contributed by atoms with Crippen LogP contribution >= 0.6 is 11.9 Å². The van der Waals surface area contributed by atoms with Crippen molar-refractivity contribution in [1.29, 1.82) is 0 Å². The van der Waals surface area contributed by atoms with E-state index in [9.17, 15) is 4.79 Å². The fourth-order valence-electron chi connectivity index (χ4n) is 3.99. The quantitative estimate of drug-likeness (QED) is 0.550. The number of carbonyl (C=O) groups excluding carboxylic acids is 1. The molecule has 3 aliphatic rings. The van der Waals surface area contributed by atoms with Gasteiger partial charge in [-0.25, -0.2) is 0 Å². The van der Waals surface area contributed by atoms with E-state index in [-0.39, 0.29) is 18.4 Å². The first-order chi connectivity index (χ1) is 15.3. The van der Waals surface area contributed by atoms with Gasteiger partial charge in [0.1, 0.15) is 18.0 Å². The van der Waals surface area contributed by atoms with Gasteiger partial charge < -0.3 is 15.8 Å². The molecule has 0 saturated carbocycles. The number of amides is 1. The second-order valence-electron chi connectivity index (χ2n) is 8.18. The van der Waals surface area contributed by atoms with E-state index in [1.165, 1.54) is 11.9 Å². The minimum Gasteiger partial charge on any atom is -0.496 e. The minimum absolute atomic E-state index is 0.0244. The second-order valence-corrected chi connectivity index (χ2v) is 8.91. The van der Waals surface area contributed by atoms with Gasteiger partial charge in [-0.05, 0) is 56.8 Å². The highest BCUT2D eigenvalue weighted by atomic mass is 32.2. The first-order valence-electron chi connectivity index (χ1n) is 10.4. The van der Waals surface area contributed by atoms with Crippen molar-refractivity contribution in [3.8, 4) is 17.0 Å². The van der Waals surface area contributed by atoms with Crippen LogP contribution in [0.3, 0.4) is 0 Å². The Labute approximate surface area is 191 Å². The topological polar surface area (TPSA) is 120 Å². The molecule has 0 spiro atoms. The molecule has 1 aromatic heterocycles. The first kappa shape index (κ1) is 22.1. The zero-order chi connectivity index (χ0) is 23.0. The molecule has 3 heterocycles. The number of nitrogens with one attached hydrogen (secondary N) is 1. The molecule has 10 heteroatoms. The molecule has 0 bridgehead atoms. The maximum Gasteiger partial charge on any atom is 0.224 e. The summed E-state index contributed by atoms with van der Waals surface area (Å²) in [6.07, 6.45) is 2.06. The molecule has 0 aromatic carbocycles. The van der Waals surface area contributed by atoms with E-state index in [4.69, 9.17) is 15.6 Å². The van der Waals surface area contributed by atoms with E-state index in [2.05, 4.69) is 19.8 Å². The highest BCUT2D eigenvalue weighted by molar-refractivity contribution is 7.97. The van der Waals surface area contributed by atoms with Crippen molar-refractivity contribution < 1.29 is 9.53 Å². The Morgan fingerprint density at radius 2 is 2.12 bits per heavy atom. The Morgan fingerprint density at radius 3 is 2.84 bits per heavy atom. The summed E-state index contributed by atoms with van der Waals surface area (Å²) in [5, 5.41) is 12.4. The molecular weight excluding hydrogens is 426 g/mol. The van der Waals surface area contributed by atoms with Crippen molar-refractivity contribution in [2.24, 2.45) is 10.1 Å². The molecule has 0 radical (unpaired) electrons. The maximum absolute atomic E-state index is 12.4. The van der Waals surface area contributed by atoms with Crippen molar-refractivity contribution in [3.05, 3.63) is 45.9 Å². The molecule has 4 rings (SSSR count). The Balaban J connectivity index is 1.77. The van der Waals surface area contributed by atoms with Crippen LogP contribution in [0.5, 0.6) is 5.75 Å². The van der Waals surface area contributed by atoms with Gasteiger partial charge in [0.15, 0.2) is 5.84 Å². The highest BCUT2D eigenvalue weighted by Crippen LogP contribution is 2.37. The molecule has 0 unspecified atom stereocenters. The van der Waals surface area contributed by atoms with Crippen LogP contribution in [-0.2, 0) is 23.5 Å². The number of carbonyl (C=O) groups is 1. The lowest BCUT2D eigenvalue weighted by Crippen LogP contribution is -2.31. The standard InChI is InChI=1S/C22H27N7O2S/c1-11(2)25-18(30)7-14-6-16-19-15(14)10-32-28-22(23)20(19)27-29(26-16)9-17-13(4)21(31-5)12(3)8-24-17/h6,8,11H,7,9-10H2,1-5H3,(H2,23,28)(H,25,30). The molecule has 3 N–H and O–H groups in total. The second kappa shape index (κ2) is 8.78. The summed E-state index contributed by atoms with van der Waals surface area (Å²) in [5.41, 5.74) is 13.1. The molecule has 1 aliphatic carbocycles. The third-order valence-corrected chi connectivity index (χ3v) is 6.13. The largest absolute Gasteiger partial charge is 0.496 e. The average Bonchev–Trinajstić information content (AvgIpc) is 2.95. The highest BCUT2D eigenvalue weighted by Gasteiger charge is 2.28. The molecule has 0 fully saturated rings. The molecule has 9 nitrogen and oxygen atoms in total.